The molecule has 0 radical (unpaired) electrons. The van der Waals surface area contributed by atoms with Crippen LogP contribution in [0.2, 0.25) is 0 Å². The average molecular weight is 312 g/mol. The molecular formula is C8H12Br2N2O. The molecule has 5 heteroatoms. The van der Waals surface area contributed by atoms with Crippen LogP contribution < -0.4 is 5.73 Å². The van der Waals surface area contributed by atoms with Crippen LogP contribution >= 0.6 is 31.9 Å². The zero-order chi connectivity index (χ0) is 9.84. The summed E-state index contributed by atoms with van der Waals surface area (Å²) in [7, 11) is 2.01. The molecule has 1 rings (SSSR count). The summed E-state index contributed by atoms with van der Waals surface area (Å²) in [5.74, 6) is 0.926. The second-order valence-electron chi connectivity index (χ2n) is 2.86. The minimum Gasteiger partial charge on any atom is -0.452 e. The number of rotatable bonds is 4. The molecule has 0 fully saturated rings. The van der Waals surface area contributed by atoms with E-state index in [1.807, 2.05) is 13.1 Å². The number of hydrogen-bond donors (Lipinski definition) is 1. The first-order valence-corrected chi connectivity index (χ1v) is 5.54. The third-order valence-corrected chi connectivity index (χ3v) is 3.34. The van der Waals surface area contributed by atoms with Crippen LogP contribution in [-0.2, 0) is 6.54 Å². The van der Waals surface area contributed by atoms with E-state index >= 15 is 0 Å². The predicted octanol–water partition coefficient (Wildman–Crippen LogP) is 2.20. The molecule has 1 aromatic heterocycles. The van der Waals surface area contributed by atoms with Crippen LogP contribution in [0.1, 0.15) is 5.76 Å². The van der Waals surface area contributed by atoms with E-state index in [1.165, 1.54) is 0 Å². The summed E-state index contributed by atoms with van der Waals surface area (Å²) >= 11 is 6.65. The Morgan fingerprint density at radius 1 is 1.54 bits per heavy atom. The Kier molecular flexibility index (Phi) is 4.45. The summed E-state index contributed by atoms with van der Waals surface area (Å²) in [6, 6.07) is 1.96. The molecule has 0 atom stereocenters. The lowest BCUT2D eigenvalue weighted by Crippen LogP contribution is -2.24. The van der Waals surface area contributed by atoms with Gasteiger partial charge < -0.3 is 10.2 Å². The van der Waals surface area contributed by atoms with E-state index < -0.39 is 0 Å². The molecular weight excluding hydrogens is 300 g/mol. The van der Waals surface area contributed by atoms with Gasteiger partial charge in [0.1, 0.15) is 5.76 Å². The monoisotopic (exact) mass is 310 g/mol. The Hall–Kier alpha value is 0.160. The Bertz CT molecular complexity index is 256. The molecule has 1 heterocycles. The van der Waals surface area contributed by atoms with Gasteiger partial charge in [0.05, 0.1) is 11.0 Å². The van der Waals surface area contributed by atoms with Crippen molar-refractivity contribution in [2.75, 3.05) is 20.1 Å². The van der Waals surface area contributed by atoms with Gasteiger partial charge in [-0.1, -0.05) is 0 Å². The van der Waals surface area contributed by atoms with Crippen LogP contribution in [0.25, 0.3) is 0 Å². The molecule has 0 aliphatic rings. The van der Waals surface area contributed by atoms with Gasteiger partial charge in [0.25, 0.3) is 0 Å². The molecule has 0 saturated carbocycles. The van der Waals surface area contributed by atoms with Crippen molar-refractivity contribution in [2.24, 2.45) is 5.73 Å². The van der Waals surface area contributed by atoms with E-state index in [-0.39, 0.29) is 0 Å². The van der Waals surface area contributed by atoms with Gasteiger partial charge >= 0.3 is 0 Å². The molecule has 74 valence electrons. The van der Waals surface area contributed by atoms with Crippen LogP contribution in [0.5, 0.6) is 0 Å². The summed E-state index contributed by atoms with van der Waals surface area (Å²) in [5, 5.41) is 0. The first-order chi connectivity index (χ1) is 6.13. The van der Waals surface area contributed by atoms with E-state index in [9.17, 15) is 0 Å². The van der Waals surface area contributed by atoms with Gasteiger partial charge in [-0.05, 0) is 45.0 Å². The first-order valence-electron chi connectivity index (χ1n) is 3.96. The zero-order valence-electron chi connectivity index (χ0n) is 7.39. The molecule has 0 aliphatic heterocycles. The third kappa shape index (κ3) is 3.42. The molecule has 0 spiro atoms. The zero-order valence-corrected chi connectivity index (χ0v) is 10.6. The van der Waals surface area contributed by atoms with Gasteiger partial charge in [0, 0.05) is 13.1 Å². The number of likely N-dealkylation sites (N-methyl/N-ethyl adjacent to an activating group) is 1. The summed E-state index contributed by atoms with van der Waals surface area (Å²) < 4.78 is 7.11. The number of halogens is 2. The lowest BCUT2D eigenvalue weighted by Gasteiger charge is -2.12. The molecule has 0 aliphatic carbocycles. The number of hydrogen-bond acceptors (Lipinski definition) is 3. The van der Waals surface area contributed by atoms with Crippen LogP contribution in [0.4, 0.5) is 0 Å². The minimum absolute atomic E-state index is 0.666. The van der Waals surface area contributed by atoms with Crippen LogP contribution in [0, 0.1) is 0 Å². The Morgan fingerprint density at radius 2 is 2.23 bits per heavy atom. The van der Waals surface area contributed by atoms with E-state index in [0.717, 1.165) is 28.0 Å². The highest BCUT2D eigenvalue weighted by Crippen LogP contribution is 2.27. The maximum atomic E-state index is 5.43. The summed E-state index contributed by atoms with van der Waals surface area (Å²) in [5.41, 5.74) is 5.43. The van der Waals surface area contributed by atoms with Crippen molar-refractivity contribution < 1.29 is 4.42 Å². The molecule has 0 bridgehead atoms. The SMILES string of the molecule is CN(CCN)Cc1cc(Br)c(Br)o1. The van der Waals surface area contributed by atoms with Gasteiger partial charge in [-0.15, -0.1) is 0 Å². The number of nitrogens with zero attached hydrogens (tertiary/aromatic N) is 1. The van der Waals surface area contributed by atoms with Crippen molar-refractivity contribution in [1.29, 1.82) is 0 Å². The van der Waals surface area contributed by atoms with Gasteiger partial charge in [0.2, 0.25) is 0 Å². The van der Waals surface area contributed by atoms with Crippen molar-refractivity contribution in [3.63, 3.8) is 0 Å². The molecule has 0 aromatic carbocycles. The van der Waals surface area contributed by atoms with Gasteiger partial charge in [-0.25, -0.2) is 0 Å². The van der Waals surface area contributed by atoms with Gasteiger partial charge in [-0.3, -0.25) is 4.90 Å². The van der Waals surface area contributed by atoms with Crippen molar-refractivity contribution >= 4 is 31.9 Å². The largest absolute Gasteiger partial charge is 0.452 e. The van der Waals surface area contributed by atoms with Gasteiger partial charge in [-0.2, -0.15) is 0 Å². The fraction of sp³-hybridized carbons (Fsp3) is 0.500. The van der Waals surface area contributed by atoms with E-state index in [2.05, 4.69) is 36.8 Å². The number of nitrogens with two attached hydrogens (primary N) is 1. The van der Waals surface area contributed by atoms with Crippen LogP contribution in [0.3, 0.4) is 0 Å². The molecule has 0 amide bonds. The second kappa shape index (κ2) is 5.14. The molecule has 0 unspecified atom stereocenters. The van der Waals surface area contributed by atoms with Crippen molar-refractivity contribution in [3.8, 4) is 0 Å². The fourth-order valence-corrected chi connectivity index (χ4v) is 1.69. The maximum Gasteiger partial charge on any atom is 0.183 e. The molecule has 13 heavy (non-hydrogen) atoms. The summed E-state index contributed by atoms with van der Waals surface area (Å²) in [6.07, 6.45) is 0. The predicted molar refractivity (Wildman–Crippen MR) is 59.5 cm³/mol. The highest BCUT2D eigenvalue weighted by Gasteiger charge is 2.07. The fourth-order valence-electron chi connectivity index (χ4n) is 1.03. The maximum absolute atomic E-state index is 5.43. The Balaban J connectivity index is 2.53. The highest BCUT2D eigenvalue weighted by molar-refractivity contribution is 9.13. The standard InChI is InChI=1S/C8H12Br2N2O/c1-12(3-2-11)5-6-4-7(9)8(10)13-6/h4H,2-3,5,11H2,1H3. The normalized spacial score (nSPS) is 11.2. The van der Waals surface area contributed by atoms with Gasteiger partial charge in [0.15, 0.2) is 4.67 Å². The Labute approximate surface area is 94.5 Å². The third-order valence-electron chi connectivity index (χ3n) is 1.63. The summed E-state index contributed by atoms with van der Waals surface area (Å²) in [4.78, 5) is 2.11. The smallest absolute Gasteiger partial charge is 0.183 e. The topological polar surface area (TPSA) is 42.4 Å². The quantitative estimate of drug-likeness (QED) is 0.927. The lowest BCUT2D eigenvalue weighted by molar-refractivity contribution is 0.299. The minimum atomic E-state index is 0.666. The van der Waals surface area contributed by atoms with Crippen LogP contribution in [-0.4, -0.2) is 25.0 Å². The first kappa shape index (κ1) is 11.2. The van der Waals surface area contributed by atoms with E-state index in [4.69, 9.17) is 10.2 Å². The van der Waals surface area contributed by atoms with E-state index in [0.29, 0.717) is 6.54 Å². The molecule has 2 N–H and O–H groups in total. The van der Waals surface area contributed by atoms with Crippen molar-refractivity contribution in [1.82, 2.24) is 4.90 Å². The van der Waals surface area contributed by atoms with Crippen LogP contribution in [0.15, 0.2) is 19.6 Å². The lowest BCUT2D eigenvalue weighted by atomic mass is 10.4. The number of furan rings is 1. The highest BCUT2D eigenvalue weighted by atomic mass is 79.9. The second-order valence-corrected chi connectivity index (χ2v) is 4.44. The Morgan fingerprint density at radius 3 is 2.69 bits per heavy atom. The molecule has 1 aromatic rings. The van der Waals surface area contributed by atoms with E-state index in [1.54, 1.807) is 0 Å². The van der Waals surface area contributed by atoms with Crippen molar-refractivity contribution in [2.45, 2.75) is 6.54 Å². The van der Waals surface area contributed by atoms with Crippen molar-refractivity contribution in [3.05, 3.63) is 21.0 Å². The summed E-state index contributed by atoms with van der Waals surface area (Å²) in [6.45, 7) is 2.32. The average Bonchev–Trinajstić information content (AvgIpc) is 2.31. The molecule has 3 nitrogen and oxygen atoms in total. The molecule has 0 saturated heterocycles.